The van der Waals surface area contributed by atoms with E-state index < -0.39 is 0 Å². The van der Waals surface area contributed by atoms with Crippen LogP contribution in [0.5, 0.6) is 0 Å². The third kappa shape index (κ3) is 3.57. The number of nitriles is 1. The quantitative estimate of drug-likeness (QED) is 0.590. The van der Waals surface area contributed by atoms with Crippen molar-refractivity contribution in [1.82, 2.24) is 5.43 Å². The van der Waals surface area contributed by atoms with Crippen LogP contribution in [0.25, 0.3) is 11.3 Å². The Balaban J connectivity index is 1.65. The average Bonchev–Trinajstić information content (AvgIpc) is 3.11. The summed E-state index contributed by atoms with van der Waals surface area (Å²) in [5.41, 5.74) is 4.44. The molecule has 0 saturated heterocycles. The standard InChI is InChI=1S/C19H13N3O2/c20-12-14-6-8-15(9-7-14)18-11-10-17(24-18)13-21-22-19(23)16-4-2-1-3-5-16/h1-11,13H,(H,22,23)/b21-13-. The lowest BCUT2D eigenvalue weighted by atomic mass is 10.1. The van der Waals surface area contributed by atoms with Crippen molar-refractivity contribution in [2.24, 2.45) is 5.10 Å². The number of furan rings is 1. The molecule has 2 aromatic carbocycles. The van der Waals surface area contributed by atoms with E-state index in [-0.39, 0.29) is 5.91 Å². The van der Waals surface area contributed by atoms with Gasteiger partial charge in [0.05, 0.1) is 17.8 Å². The molecule has 0 bridgehead atoms. The molecule has 0 saturated carbocycles. The Kier molecular flexibility index (Phi) is 4.50. The number of nitrogens with one attached hydrogen (secondary N) is 1. The van der Waals surface area contributed by atoms with Crippen LogP contribution in [-0.2, 0) is 0 Å². The summed E-state index contributed by atoms with van der Waals surface area (Å²) in [6, 6.07) is 21.6. The molecule has 1 heterocycles. The number of hydrogen-bond acceptors (Lipinski definition) is 4. The van der Waals surface area contributed by atoms with Crippen molar-refractivity contribution in [1.29, 1.82) is 5.26 Å². The molecule has 0 fully saturated rings. The number of benzene rings is 2. The zero-order valence-corrected chi connectivity index (χ0v) is 12.6. The first kappa shape index (κ1) is 15.3. The van der Waals surface area contributed by atoms with Crippen LogP contribution in [0.2, 0.25) is 0 Å². The van der Waals surface area contributed by atoms with Crippen LogP contribution in [-0.4, -0.2) is 12.1 Å². The lowest BCUT2D eigenvalue weighted by Crippen LogP contribution is -2.17. The monoisotopic (exact) mass is 315 g/mol. The first-order chi connectivity index (χ1) is 11.8. The minimum atomic E-state index is -0.286. The molecule has 1 aromatic heterocycles. The van der Waals surface area contributed by atoms with Gasteiger partial charge >= 0.3 is 0 Å². The van der Waals surface area contributed by atoms with Gasteiger partial charge in [-0.3, -0.25) is 4.79 Å². The fourth-order valence-electron chi connectivity index (χ4n) is 2.09. The van der Waals surface area contributed by atoms with E-state index in [0.717, 1.165) is 5.56 Å². The van der Waals surface area contributed by atoms with Crippen molar-refractivity contribution in [2.75, 3.05) is 0 Å². The number of rotatable bonds is 4. The summed E-state index contributed by atoms with van der Waals surface area (Å²) >= 11 is 0. The van der Waals surface area contributed by atoms with Crippen LogP contribution < -0.4 is 5.43 Å². The fourth-order valence-corrected chi connectivity index (χ4v) is 2.09. The lowest BCUT2D eigenvalue weighted by Gasteiger charge is -1.98. The number of carbonyl (C=O) groups excluding carboxylic acids is 1. The first-order valence-corrected chi connectivity index (χ1v) is 7.25. The summed E-state index contributed by atoms with van der Waals surface area (Å²) < 4.78 is 5.65. The summed E-state index contributed by atoms with van der Waals surface area (Å²) in [7, 11) is 0. The van der Waals surface area contributed by atoms with Gasteiger partial charge in [0.1, 0.15) is 11.5 Å². The molecule has 5 nitrogen and oxygen atoms in total. The molecule has 1 N–H and O–H groups in total. The highest BCUT2D eigenvalue weighted by atomic mass is 16.3. The lowest BCUT2D eigenvalue weighted by molar-refractivity contribution is 0.0955. The number of amides is 1. The van der Waals surface area contributed by atoms with E-state index in [2.05, 4.69) is 16.6 Å². The van der Waals surface area contributed by atoms with E-state index >= 15 is 0 Å². The molecule has 24 heavy (non-hydrogen) atoms. The van der Waals surface area contributed by atoms with Gasteiger partial charge < -0.3 is 4.42 Å². The molecule has 5 heteroatoms. The summed E-state index contributed by atoms with van der Waals surface area (Å²) in [6.07, 6.45) is 1.44. The number of hydrazone groups is 1. The zero-order chi connectivity index (χ0) is 16.8. The Bertz CT molecular complexity index is 904. The molecule has 1 amide bonds. The van der Waals surface area contributed by atoms with Crippen molar-refractivity contribution in [3.8, 4) is 17.4 Å². The average molecular weight is 315 g/mol. The van der Waals surface area contributed by atoms with Crippen molar-refractivity contribution >= 4 is 12.1 Å². The second-order valence-corrected chi connectivity index (χ2v) is 4.96. The molecular formula is C19H13N3O2. The van der Waals surface area contributed by atoms with Crippen LogP contribution >= 0.6 is 0 Å². The van der Waals surface area contributed by atoms with E-state index in [1.165, 1.54) is 6.21 Å². The van der Waals surface area contributed by atoms with Gasteiger partial charge in [-0.2, -0.15) is 10.4 Å². The highest BCUT2D eigenvalue weighted by Crippen LogP contribution is 2.21. The third-order valence-electron chi connectivity index (χ3n) is 3.32. The van der Waals surface area contributed by atoms with Gasteiger partial charge in [0, 0.05) is 11.1 Å². The maximum absolute atomic E-state index is 11.8. The van der Waals surface area contributed by atoms with Gasteiger partial charge in [0.25, 0.3) is 5.91 Å². The number of hydrogen-bond donors (Lipinski definition) is 1. The Labute approximate surface area is 138 Å². The minimum absolute atomic E-state index is 0.286. The molecule has 0 radical (unpaired) electrons. The molecule has 0 aliphatic rings. The summed E-state index contributed by atoms with van der Waals surface area (Å²) in [5.74, 6) is 0.892. The van der Waals surface area contributed by atoms with Gasteiger partial charge in [-0.1, -0.05) is 18.2 Å². The van der Waals surface area contributed by atoms with Gasteiger partial charge in [-0.25, -0.2) is 5.43 Å². The Hall–Kier alpha value is -3.65. The van der Waals surface area contributed by atoms with E-state index in [4.69, 9.17) is 9.68 Å². The van der Waals surface area contributed by atoms with Crippen molar-refractivity contribution < 1.29 is 9.21 Å². The van der Waals surface area contributed by atoms with Gasteiger partial charge in [0.2, 0.25) is 0 Å². The predicted octanol–water partition coefficient (Wildman–Crippen LogP) is 3.58. The van der Waals surface area contributed by atoms with Crippen LogP contribution in [0, 0.1) is 11.3 Å². The van der Waals surface area contributed by atoms with E-state index in [1.54, 1.807) is 42.5 Å². The molecule has 3 aromatic rings. The van der Waals surface area contributed by atoms with Gasteiger partial charge in [-0.05, 0) is 48.5 Å². The molecular weight excluding hydrogens is 302 g/mol. The molecule has 0 spiro atoms. The zero-order valence-electron chi connectivity index (χ0n) is 12.6. The van der Waals surface area contributed by atoms with Crippen LogP contribution in [0.4, 0.5) is 0 Å². The molecule has 3 rings (SSSR count). The SMILES string of the molecule is N#Cc1ccc(-c2ccc(/C=N\NC(=O)c3ccccc3)o2)cc1. The van der Waals surface area contributed by atoms with Gasteiger partial charge in [0.15, 0.2) is 0 Å². The highest BCUT2D eigenvalue weighted by Gasteiger charge is 2.05. The van der Waals surface area contributed by atoms with Crippen molar-refractivity contribution in [3.63, 3.8) is 0 Å². The minimum Gasteiger partial charge on any atom is -0.455 e. The second-order valence-electron chi connectivity index (χ2n) is 4.96. The topological polar surface area (TPSA) is 78.4 Å². The van der Waals surface area contributed by atoms with Gasteiger partial charge in [-0.15, -0.1) is 0 Å². The summed E-state index contributed by atoms with van der Waals surface area (Å²) in [4.78, 5) is 11.8. The molecule has 0 atom stereocenters. The molecule has 0 unspecified atom stereocenters. The first-order valence-electron chi connectivity index (χ1n) is 7.25. The number of carbonyl (C=O) groups is 1. The van der Waals surface area contributed by atoms with Crippen LogP contribution in [0.1, 0.15) is 21.7 Å². The molecule has 0 aliphatic carbocycles. The molecule has 116 valence electrons. The Morgan fingerprint density at radius 2 is 1.79 bits per heavy atom. The Morgan fingerprint density at radius 3 is 2.50 bits per heavy atom. The maximum atomic E-state index is 11.8. The number of nitrogens with zero attached hydrogens (tertiary/aromatic N) is 2. The largest absolute Gasteiger partial charge is 0.455 e. The van der Waals surface area contributed by atoms with Crippen LogP contribution in [0.3, 0.4) is 0 Å². The third-order valence-corrected chi connectivity index (χ3v) is 3.32. The maximum Gasteiger partial charge on any atom is 0.271 e. The Morgan fingerprint density at radius 1 is 1.04 bits per heavy atom. The predicted molar refractivity (Wildman–Crippen MR) is 90.4 cm³/mol. The van der Waals surface area contributed by atoms with Crippen molar-refractivity contribution in [3.05, 3.63) is 83.6 Å². The van der Waals surface area contributed by atoms with E-state index in [9.17, 15) is 4.79 Å². The van der Waals surface area contributed by atoms with Crippen molar-refractivity contribution in [2.45, 2.75) is 0 Å². The second kappa shape index (κ2) is 7.07. The molecule has 0 aliphatic heterocycles. The highest BCUT2D eigenvalue weighted by molar-refractivity contribution is 5.94. The summed E-state index contributed by atoms with van der Waals surface area (Å²) in [6.45, 7) is 0. The van der Waals surface area contributed by atoms with E-state index in [0.29, 0.717) is 22.6 Å². The fraction of sp³-hybridized carbons (Fsp3) is 0. The van der Waals surface area contributed by atoms with Crippen LogP contribution in [0.15, 0.2) is 76.2 Å². The smallest absolute Gasteiger partial charge is 0.271 e. The summed E-state index contributed by atoms with van der Waals surface area (Å²) in [5, 5.41) is 12.7. The van der Waals surface area contributed by atoms with E-state index in [1.807, 2.05) is 24.3 Å². The normalized spacial score (nSPS) is 10.5.